The molecule has 0 radical (unpaired) electrons. The second-order valence-corrected chi connectivity index (χ2v) is 10.2. The molecule has 2 aromatic carbocycles. The van der Waals surface area contributed by atoms with Gasteiger partial charge in [-0.15, -0.1) is 11.3 Å². The number of sulfonamides is 1. The molecule has 3 aromatic heterocycles. The number of fused-ring (bicyclic) bond motifs is 1. The highest BCUT2D eigenvalue weighted by Gasteiger charge is 2.17. The smallest absolute Gasteiger partial charge is 0.238 e. The summed E-state index contributed by atoms with van der Waals surface area (Å²) in [6, 6.07) is 20.9. The molecule has 5 rings (SSSR count). The summed E-state index contributed by atoms with van der Waals surface area (Å²) >= 11 is 1.56. The van der Waals surface area contributed by atoms with Gasteiger partial charge in [-0.3, -0.25) is 4.98 Å². The normalized spacial score (nSPS) is 11.6. The molecule has 170 valence electrons. The van der Waals surface area contributed by atoms with Gasteiger partial charge in [-0.2, -0.15) is 0 Å². The number of nitrogens with zero attached hydrogens (tertiary/aromatic N) is 3. The van der Waals surface area contributed by atoms with Crippen LogP contribution in [0.1, 0.15) is 11.1 Å². The molecule has 0 saturated heterocycles. The van der Waals surface area contributed by atoms with Gasteiger partial charge in [-0.05, 0) is 41.8 Å². The van der Waals surface area contributed by atoms with E-state index in [2.05, 4.69) is 27.8 Å². The van der Waals surface area contributed by atoms with Crippen molar-refractivity contribution in [3.8, 4) is 22.6 Å². The molecule has 0 aliphatic heterocycles. The molecule has 34 heavy (non-hydrogen) atoms. The number of aryl methyl sites for hydroxylation is 1. The minimum Gasteiger partial charge on any atom is -0.365 e. The Hall–Kier alpha value is -3.66. The first-order valence-electron chi connectivity index (χ1n) is 10.5. The van der Waals surface area contributed by atoms with Crippen LogP contribution in [0.5, 0.6) is 0 Å². The third-order valence-corrected chi connectivity index (χ3v) is 7.36. The molecule has 0 amide bonds. The Bertz CT molecular complexity index is 1580. The first-order chi connectivity index (χ1) is 16.4. The van der Waals surface area contributed by atoms with Crippen LogP contribution in [0.4, 0.5) is 5.82 Å². The topological polar surface area (TPSA) is 111 Å². The predicted octanol–water partition coefficient (Wildman–Crippen LogP) is 4.99. The van der Waals surface area contributed by atoms with Crippen LogP contribution >= 0.6 is 11.3 Å². The van der Waals surface area contributed by atoms with Gasteiger partial charge < -0.3 is 5.32 Å². The summed E-state index contributed by atoms with van der Waals surface area (Å²) in [4.78, 5) is 15.0. The lowest BCUT2D eigenvalue weighted by Crippen LogP contribution is -2.14. The largest absolute Gasteiger partial charge is 0.365 e. The van der Waals surface area contributed by atoms with Crippen molar-refractivity contribution < 1.29 is 8.42 Å². The summed E-state index contributed by atoms with van der Waals surface area (Å²) in [6.45, 7) is 2.18. The maximum Gasteiger partial charge on any atom is 0.238 e. The third kappa shape index (κ3) is 4.41. The van der Waals surface area contributed by atoms with E-state index in [-0.39, 0.29) is 4.90 Å². The molecule has 0 spiro atoms. The quantitative estimate of drug-likeness (QED) is 0.349. The highest BCUT2D eigenvalue weighted by Crippen LogP contribution is 2.38. The third-order valence-electron chi connectivity index (χ3n) is 5.42. The summed E-state index contributed by atoms with van der Waals surface area (Å²) in [6.07, 6.45) is 1.72. The zero-order chi connectivity index (χ0) is 23.7. The maximum absolute atomic E-state index is 11.7. The number of rotatable bonds is 6. The van der Waals surface area contributed by atoms with Crippen molar-refractivity contribution in [3.63, 3.8) is 0 Å². The molecule has 3 N–H and O–H groups in total. The number of primary sulfonamides is 1. The van der Waals surface area contributed by atoms with Gasteiger partial charge in [-0.25, -0.2) is 23.5 Å². The van der Waals surface area contributed by atoms with Crippen LogP contribution in [0.15, 0.2) is 83.2 Å². The number of anilines is 1. The molecule has 9 heteroatoms. The Morgan fingerprint density at radius 1 is 1.00 bits per heavy atom. The summed E-state index contributed by atoms with van der Waals surface area (Å²) in [5, 5.41) is 11.8. The number of hydrogen-bond donors (Lipinski definition) is 2. The average Bonchev–Trinajstić information content (AvgIpc) is 3.27. The Kier molecular flexibility index (Phi) is 5.82. The summed E-state index contributed by atoms with van der Waals surface area (Å²) < 4.78 is 23.5. The summed E-state index contributed by atoms with van der Waals surface area (Å²) in [7, 11) is -3.76. The lowest BCUT2D eigenvalue weighted by Gasteiger charge is -2.12. The number of nitrogens with two attached hydrogens (primary N) is 1. The first kappa shape index (κ1) is 22.1. The molecular formula is C25H21N5O2S2. The second kappa shape index (κ2) is 8.94. The van der Waals surface area contributed by atoms with Crippen LogP contribution in [0, 0.1) is 6.92 Å². The number of nitrogens with one attached hydrogen (secondary N) is 1. The molecular weight excluding hydrogens is 466 g/mol. The maximum atomic E-state index is 11.7. The van der Waals surface area contributed by atoms with E-state index >= 15 is 0 Å². The number of pyridine rings is 1. The molecule has 0 bridgehead atoms. The molecule has 0 aliphatic rings. The molecule has 0 atom stereocenters. The van der Waals surface area contributed by atoms with E-state index in [4.69, 9.17) is 15.1 Å². The number of benzene rings is 2. The molecule has 3 heterocycles. The van der Waals surface area contributed by atoms with Gasteiger partial charge in [0, 0.05) is 23.7 Å². The van der Waals surface area contributed by atoms with Crippen LogP contribution < -0.4 is 10.5 Å². The number of aromatic nitrogens is 3. The standard InChI is InChI=1S/C25H21N5O2S2/c1-16-13-17(10-11-21(16)34(26,31)32)14-28-24-22-19(18-7-3-2-4-8-18)15-33-25(22)30-23(29-24)20-9-5-6-12-27-20/h2-13,15H,14H2,1H3,(H2,26,31,32)(H,28,29,30). The van der Waals surface area contributed by atoms with Crippen LogP contribution in [0.3, 0.4) is 0 Å². The second-order valence-electron chi connectivity index (χ2n) is 7.80. The van der Waals surface area contributed by atoms with E-state index in [0.717, 1.165) is 26.9 Å². The predicted molar refractivity (Wildman–Crippen MR) is 136 cm³/mol. The van der Waals surface area contributed by atoms with E-state index in [1.54, 1.807) is 30.5 Å². The van der Waals surface area contributed by atoms with E-state index in [1.807, 2.05) is 42.5 Å². The first-order valence-corrected chi connectivity index (χ1v) is 12.9. The van der Waals surface area contributed by atoms with Gasteiger partial charge >= 0.3 is 0 Å². The Morgan fingerprint density at radius 2 is 1.79 bits per heavy atom. The minimum atomic E-state index is -3.76. The summed E-state index contributed by atoms with van der Waals surface area (Å²) in [5.74, 6) is 1.23. The average molecular weight is 488 g/mol. The van der Waals surface area contributed by atoms with Crippen molar-refractivity contribution >= 4 is 37.4 Å². The van der Waals surface area contributed by atoms with Crippen LogP contribution in [-0.2, 0) is 16.6 Å². The van der Waals surface area contributed by atoms with Crippen molar-refractivity contribution in [2.45, 2.75) is 18.4 Å². The van der Waals surface area contributed by atoms with Crippen molar-refractivity contribution in [1.82, 2.24) is 15.0 Å². The van der Waals surface area contributed by atoms with E-state index in [9.17, 15) is 8.42 Å². The van der Waals surface area contributed by atoms with Crippen molar-refractivity contribution in [1.29, 1.82) is 0 Å². The lowest BCUT2D eigenvalue weighted by atomic mass is 10.1. The SMILES string of the molecule is Cc1cc(CNc2nc(-c3ccccn3)nc3scc(-c4ccccc4)c23)ccc1S(N)(=O)=O. The van der Waals surface area contributed by atoms with Crippen molar-refractivity contribution in [3.05, 3.63) is 89.4 Å². The fraction of sp³-hybridized carbons (Fsp3) is 0.0800. The van der Waals surface area contributed by atoms with E-state index in [0.29, 0.717) is 29.4 Å². The Balaban J connectivity index is 1.58. The molecule has 5 aromatic rings. The van der Waals surface area contributed by atoms with Crippen LogP contribution in [0.2, 0.25) is 0 Å². The monoisotopic (exact) mass is 487 g/mol. The van der Waals surface area contributed by atoms with E-state index < -0.39 is 10.0 Å². The highest BCUT2D eigenvalue weighted by molar-refractivity contribution is 7.89. The van der Waals surface area contributed by atoms with Crippen molar-refractivity contribution in [2.24, 2.45) is 5.14 Å². The van der Waals surface area contributed by atoms with Crippen LogP contribution in [0.25, 0.3) is 32.9 Å². The van der Waals surface area contributed by atoms with Gasteiger partial charge in [0.2, 0.25) is 10.0 Å². The Morgan fingerprint density at radius 3 is 2.50 bits per heavy atom. The number of thiophene rings is 1. The van der Waals surface area contributed by atoms with Gasteiger partial charge in [-0.1, -0.05) is 48.5 Å². The summed E-state index contributed by atoms with van der Waals surface area (Å²) in [5.41, 5.74) is 4.34. The van der Waals surface area contributed by atoms with E-state index in [1.165, 1.54) is 6.07 Å². The zero-order valence-corrected chi connectivity index (χ0v) is 19.9. The van der Waals surface area contributed by atoms with Gasteiger partial charge in [0.15, 0.2) is 5.82 Å². The molecule has 0 saturated carbocycles. The van der Waals surface area contributed by atoms with Gasteiger partial charge in [0.25, 0.3) is 0 Å². The minimum absolute atomic E-state index is 0.127. The fourth-order valence-corrected chi connectivity index (χ4v) is 5.55. The van der Waals surface area contributed by atoms with Crippen molar-refractivity contribution in [2.75, 3.05) is 5.32 Å². The zero-order valence-electron chi connectivity index (χ0n) is 18.3. The molecule has 0 fully saturated rings. The Labute approximate surface area is 201 Å². The number of hydrogen-bond acceptors (Lipinski definition) is 7. The fourth-order valence-electron chi connectivity index (χ4n) is 3.84. The molecule has 0 aliphatic carbocycles. The lowest BCUT2D eigenvalue weighted by molar-refractivity contribution is 0.597. The highest BCUT2D eigenvalue weighted by atomic mass is 32.2. The van der Waals surface area contributed by atoms with Crippen LogP contribution in [-0.4, -0.2) is 23.4 Å². The molecule has 0 unspecified atom stereocenters. The van der Waals surface area contributed by atoms with Gasteiger partial charge in [0.05, 0.1) is 10.3 Å². The van der Waals surface area contributed by atoms with Gasteiger partial charge in [0.1, 0.15) is 16.3 Å². The molecule has 7 nitrogen and oxygen atoms in total.